The SMILES string of the molecule is Fc1ccc(CN2CCOC[C@@H](Cc3nccn4cccc34)C2)nc1. The predicted octanol–water partition coefficient (Wildman–Crippen LogP) is 2.56. The molecule has 1 aliphatic heterocycles. The van der Waals surface area contributed by atoms with E-state index in [9.17, 15) is 4.39 Å². The summed E-state index contributed by atoms with van der Waals surface area (Å²) in [6.07, 6.45) is 8.01. The molecule has 0 bridgehead atoms. The Bertz CT molecular complexity index is 833. The second-order valence-corrected chi connectivity index (χ2v) is 6.52. The van der Waals surface area contributed by atoms with Crippen molar-refractivity contribution in [1.29, 1.82) is 0 Å². The van der Waals surface area contributed by atoms with Gasteiger partial charge in [-0.3, -0.25) is 14.9 Å². The molecule has 0 N–H and O–H groups in total. The van der Waals surface area contributed by atoms with Gasteiger partial charge in [-0.05, 0) is 30.7 Å². The summed E-state index contributed by atoms with van der Waals surface area (Å²) >= 11 is 0. The van der Waals surface area contributed by atoms with Crippen LogP contribution in [0.1, 0.15) is 11.4 Å². The molecule has 0 unspecified atom stereocenters. The monoisotopic (exact) mass is 340 g/mol. The topological polar surface area (TPSA) is 42.7 Å². The van der Waals surface area contributed by atoms with Crippen LogP contribution in [0.15, 0.2) is 49.1 Å². The van der Waals surface area contributed by atoms with Crippen molar-refractivity contribution in [3.8, 4) is 0 Å². The number of hydrogen-bond acceptors (Lipinski definition) is 4. The van der Waals surface area contributed by atoms with Gasteiger partial charge in [0.25, 0.3) is 0 Å². The smallest absolute Gasteiger partial charge is 0.141 e. The van der Waals surface area contributed by atoms with Crippen molar-refractivity contribution in [3.05, 3.63) is 66.3 Å². The van der Waals surface area contributed by atoms with Crippen LogP contribution in [0, 0.1) is 11.7 Å². The first-order valence-corrected chi connectivity index (χ1v) is 8.59. The molecular weight excluding hydrogens is 319 g/mol. The normalized spacial score (nSPS) is 19.2. The van der Waals surface area contributed by atoms with Gasteiger partial charge in [0.2, 0.25) is 0 Å². The van der Waals surface area contributed by atoms with E-state index in [1.54, 1.807) is 6.07 Å². The Kier molecular flexibility index (Phi) is 4.72. The minimum Gasteiger partial charge on any atom is -0.380 e. The summed E-state index contributed by atoms with van der Waals surface area (Å²) in [6, 6.07) is 7.35. The van der Waals surface area contributed by atoms with Gasteiger partial charge >= 0.3 is 0 Å². The maximum Gasteiger partial charge on any atom is 0.141 e. The summed E-state index contributed by atoms with van der Waals surface area (Å²) < 4.78 is 20.9. The fourth-order valence-electron chi connectivity index (χ4n) is 3.41. The predicted molar refractivity (Wildman–Crippen MR) is 92.7 cm³/mol. The van der Waals surface area contributed by atoms with Gasteiger partial charge in [0, 0.05) is 44.1 Å². The van der Waals surface area contributed by atoms with E-state index in [1.165, 1.54) is 12.3 Å². The average Bonchev–Trinajstić information content (AvgIpc) is 3.00. The van der Waals surface area contributed by atoms with Crippen molar-refractivity contribution < 1.29 is 9.13 Å². The molecule has 0 radical (unpaired) electrons. The van der Waals surface area contributed by atoms with Crippen molar-refractivity contribution in [3.63, 3.8) is 0 Å². The number of pyridine rings is 1. The zero-order valence-electron chi connectivity index (χ0n) is 14.0. The van der Waals surface area contributed by atoms with Crippen molar-refractivity contribution >= 4 is 5.52 Å². The lowest BCUT2D eigenvalue weighted by molar-refractivity contribution is 0.121. The number of aromatic nitrogens is 3. The Morgan fingerprint density at radius 2 is 2.16 bits per heavy atom. The first kappa shape index (κ1) is 16.2. The minimum atomic E-state index is -0.299. The van der Waals surface area contributed by atoms with E-state index in [-0.39, 0.29) is 5.82 Å². The zero-order chi connectivity index (χ0) is 17.1. The Morgan fingerprint density at radius 1 is 1.20 bits per heavy atom. The van der Waals surface area contributed by atoms with Crippen LogP contribution in [0.5, 0.6) is 0 Å². The lowest BCUT2D eigenvalue weighted by atomic mass is 10.0. The molecule has 4 rings (SSSR count). The van der Waals surface area contributed by atoms with E-state index < -0.39 is 0 Å². The Morgan fingerprint density at radius 3 is 3.04 bits per heavy atom. The van der Waals surface area contributed by atoms with Gasteiger partial charge in [-0.25, -0.2) is 4.39 Å². The number of nitrogens with zero attached hydrogens (tertiary/aromatic N) is 4. The van der Waals surface area contributed by atoms with Crippen molar-refractivity contribution in [2.24, 2.45) is 5.92 Å². The molecule has 1 fully saturated rings. The fourth-order valence-corrected chi connectivity index (χ4v) is 3.41. The van der Waals surface area contributed by atoms with Gasteiger partial charge < -0.3 is 9.14 Å². The van der Waals surface area contributed by atoms with Crippen LogP contribution >= 0.6 is 0 Å². The summed E-state index contributed by atoms with van der Waals surface area (Å²) in [5, 5.41) is 0. The van der Waals surface area contributed by atoms with E-state index in [0.717, 1.165) is 43.0 Å². The molecule has 25 heavy (non-hydrogen) atoms. The summed E-state index contributed by atoms with van der Waals surface area (Å²) in [4.78, 5) is 11.1. The van der Waals surface area contributed by atoms with Gasteiger partial charge in [-0.1, -0.05) is 0 Å². The van der Waals surface area contributed by atoms with Crippen LogP contribution in [0.4, 0.5) is 4.39 Å². The van der Waals surface area contributed by atoms with Gasteiger partial charge in [0.05, 0.1) is 36.3 Å². The molecule has 0 saturated carbocycles. The number of hydrogen-bond donors (Lipinski definition) is 0. The quantitative estimate of drug-likeness (QED) is 0.732. The van der Waals surface area contributed by atoms with Gasteiger partial charge in [-0.2, -0.15) is 0 Å². The molecule has 130 valence electrons. The van der Waals surface area contributed by atoms with Crippen LogP contribution in [-0.4, -0.2) is 45.6 Å². The standard InChI is InChI=1S/C19H21FN4O/c20-16-3-4-17(22-11-16)13-23-8-9-25-14-15(12-23)10-18-19-2-1-6-24(19)7-5-21-18/h1-7,11,15H,8-10,12-14H2/t15-/m0/s1. The van der Waals surface area contributed by atoms with Crippen molar-refractivity contribution in [1.82, 2.24) is 19.3 Å². The Labute approximate surface area is 146 Å². The molecule has 4 heterocycles. The number of halogens is 1. The molecule has 0 spiro atoms. The highest BCUT2D eigenvalue weighted by atomic mass is 19.1. The molecule has 1 aliphatic rings. The fraction of sp³-hybridized carbons (Fsp3) is 0.368. The molecule has 3 aromatic rings. The molecular formula is C19H21FN4O. The molecule has 0 aliphatic carbocycles. The van der Waals surface area contributed by atoms with Crippen molar-refractivity contribution in [2.75, 3.05) is 26.3 Å². The Balaban J connectivity index is 1.46. The highest BCUT2D eigenvalue weighted by Gasteiger charge is 2.21. The van der Waals surface area contributed by atoms with Crippen LogP contribution in [0.3, 0.4) is 0 Å². The lowest BCUT2D eigenvalue weighted by Gasteiger charge is -2.23. The third kappa shape index (κ3) is 3.86. The van der Waals surface area contributed by atoms with Gasteiger partial charge in [0.15, 0.2) is 0 Å². The van der Waals surface area contributed by atoms with Crippen LogP contribution < -0.4 is 0 Å². The summed E-state index contributed by atoms with van der Waals surface area (Å²) in [7, 11) is 0. The van der Waals surface area contributed by atoms with E-state index in [0.29, 0.717) is 19.1 Å². The van der Waals surface area contributed by atoms with Crippen LogP contribution in [0.25, 0.3) is 5.52 Å². The van der Waals surface area contributed by atoms with Gasteiger partial charge in [0.1, 0.15) is 5.82 Å². The average molecular weight is 340 g/mol. The van der Waals surface area contributed by atoms with E-state index in [4.69, 9.17) is 4.74 Å². The van der Waals surface area contributed by atoms with E-state index >= 15 is 0 Å². The second kappa shape index (κ2) is 7.29. The van der Waals surface area contributed by atoms with Gasteiger partial charge in [-0.15, -0.1) is 0 Å². The summed E-state index contributed by atoms with van der Waals surface area (Å²) in [5.41, 5.74) is 3.13. The van der Waals surface area contributed by atoms with E-state index in [1.807, 2.05) is 24.7 Å². The zero-order valence-corrected chi connectivity index (χ0v) is 14.0. The number of ether oxygens (including phenoxy) is 1. The number of fused-ring (bicyclic) bond motifs is 1. The maximum absolute atomic E-state index is 13.0. The lowest BCUT2D eigenvalue weighted by Crippen LogP contribution is -2.31. The second-order valence-electron chi connectivity index (χ2n) is 6.52. The first-order chi connectivity index (χ1) is 12.3. The third-order valence-electron chi connectivity index (χ3n) is 4.61. The first-order valence-electron chi connectivity index (χ1n) is 8.59. The summed E-state index contributed by atoms with van der Waals surface area (Å²) in [6.45, 7) is 3.93. The molecule has 6 heteroatoms. The molecule has 1 saturated heterocycles. The molecule has 3 aromatic heterocycles. The largest absolute Gasteiger partial charge is 0.380 e. The molecule has 0 aromatic carbocycles. The highest BCUT2D eigenvalue weighted by Crippen LogP contribution is 2.18. The highest BCUT2D eigenvalue weighted by molar-refractivity contribution is 5.52. The van der Waals surface area contributed by atoms with Crippen LogP contribution in [-0.2, 0) is 17.7 Å². The molecule has 5 nitrogen and oxygen atoms in total. The maximum atomic E-state index is 13.0. The Hall–Kier alpha value is -2.31. The number of rotatable bonds is 4. The molecule has 1 atom stereocenters. The van der Waals surface area contributed by atoms with Crippen LogP contribution in [0.2, 0.25) is 0 Å². The molecule has 0 amide bonds. The minimum absolute atomic E-state index is 0.299. The van der Waals surface area contributed by atoms with E-state index in [2.05, 4.69) is 25.3 Å². The summed E-state index contributed by atoms with van der Waals surface area (Å²) in [5.74, 6) is 0.0729. The third-order valence-corrected chi connectivity index (χ3v) is 4.61. The van der Waals surface area contributed by atoms with Crippen molar-refractivity contribution in [2.45, 2.75) is 13.0 Å².